The van der Waals surface area contributed by atoms with Crippen LogP contribution in [-0.2, 0) is 14.4 Å². The van der Waals surface area contributed by atoms with E-state index in [1.165, 1.54) is 0 Å². The van der Waals surface area contributed by atoms with Gasteiger partial charge in [0.25, 0.3) is 10.2 Å². The molecule has 0 spiro atoms. The van der Waals surface area contributed by atoms with Crippen molar-refractivity contribution in [1.29, 1.82) is 0 Å². The van der Waals surface area contributed by atoms with E-state index in [0.29, 0.717) is 0 Å². The number of nitrogens with zero attached hydrogens (tertiary/aromatic N) is 2. The lowest BCUT2D eigenvalue weighted by Crippen LogP contribution is -2.33. The molecule has 1 aliphatic rings. The maximum absolute atomic E-state index is 9.89. The molecule has 0 aromatic rings. The third kappa shape index (κ3) is 2.71. The van der Waals surface area contributed by atoms with Crippen molar-refractivity contribution >= 4 is 0 Å². The molecule has 0 aromatic heterocycles. The summed E-state index contributed by atoms with van der Waals surface area (Å²) in [5.41, 5.74) is 0. The third-order valence-electron chi connectivity index (χ3n) is 1.42. The van der Waals surface area contributed by atoms with Crippen LogP contribution in [0.25, 0.3) is 0 Å². The second-order valence-corrected chi connectivity index (χ2v) is 2.27. The number of hydrogen-bond donors (Lipinski definition) is 0. The highest BCUT2D eigenvalue weighted by molar-refractivity contribution is 4.73. The van der Waals surface area contributed by atoms with Gasteiger partial charge in [-0.05, 0) is 0 Å². The van der Waals surface area contributed by atoms with Crippen molar-refractivity contribution in [3.8, 4) is 0 Å². The molecule has 1 rings (SSSR count). The van der Waals surface area contributed by atoms with Crippen LogP contribution in [0.5, 0.6) is 0 Å². The Labute approximate surface area is 71.4 Å². The minimum Gasteiger partial charge on any atom is -0.377 e. The minimum absolute atomic E-state index is 0.0838. The van der Waals surface area contributed by atoms with Gasteiger partial charge in [-0.1, -0.05) is 0 Å². The standard InChI is InChI=1S/C4H6N2O7/c7-5(8)12-3-1-11-2-4(3)13-6(9)10/h3-4H,1-2H2/t3-,4-/m0/s1. The Morgan fingerprint density at radius 2 is 1.46 bits per heavy atom. The molecule has 9 heteroatoms. The van der Waals surface area contributed by atoms with Crippen LogP contribution in [0.1, 0.15) is 0 Å². The van der Waals surface area contributed by atoms with E-state index in [0.717, 1.165) is 0 Å². The van der Waals surface area contributed by atoms with Crippen LogP contribution in [0.15, 0.2) is 0 Å². The molecule has 1 saturated heterocycles. The second-order valence-electron chi connectivity index (χ2n) is 2.27. The van der Waals surface area contributed by atoms with Gasteiger partial charge in [-0.3, -0.25) is 0 Å². The third-order valence-corrected chi connectivity index (χ3v) is 1.42. The van der Waals surface area contributed by atoms with Gasteiger partial charge in [-0.2, -0.15) is 0 Å². The minimum atomic E-state index is -1.03. The van der Waals surface area contributed by atoms with E-state index in [1.54, 1.807) is 0 Å². The molecule has 1 aliphatic heterocycles. The summed E-state index contributed by atoms with van der Waals surface area (Å²) in [5, 5.41) is 17.7. The van der Waals surface area contributed by atoms with Gasteiger partial charge in [-0.25, -0.2) is 0 Å². The van der Waals surface area contributed by atoms with Gasteiger partial charge in [0.15, 0.2) is 12.2 Å². The quantitative estimate of drug-likeness (QED) is 0.423. The Hall–Kier alpha value is -1.64. The van der Waals surface area contributed by atoms with Crippen molar-refractivity contribution in [3.05, 3.63) is 20.2 Å². The predicted octanol–water partition coefficient (Wildman–Crippen LogP) is -0.830. The van der Waals surface area contributed by atoms with Crippen LogP contribution in [0.3, 0.4) is 0 Å². The molecule has 0 bridgehead atoms. The van der Waals surface area contributed by atoms with Crippen LogP contribution < -0.4 is 0 Å². The summed E-state index contributed by atoms with van der Waals surface area (Å²) in [6.45, 7) is -0.168. The molecule has 0 amide bonds. The number of ether oxygens (including phenoxy) is 1. The maximum Gasteiger partial charge on any atom is 0.294 e. The van der Waals surface area contributed by atoms with Crippen molar-refractivity contribution in [3.63, 3.8) is 0 Å². The van der Waals surface area contributed by atoms with Gasteiger partial charge in [0.2, 0.25) is 0 Å². The van der Waals surface area contributed by atoms with Crippen LogP contribution in [0.4, 0.5) is 0 Å². The summed E-state index contributed by atoms with van der Waals surface area (Å²) < 4.78 is 4.71. The van der Waals surface area contributed by atoms with Crippen LogP contribution in [-0.4, -0.2) is 35.6 Å². The Bertz CT molecular complexity index is 197. The molecular weight excluding hydrogens is 188 g/mol. The Morgan fingerprint density at radius 3 is 1.77 bits per heavy atom. The summed E-state index contributed by atoms with van der Waals surface area (Å²) in [6, 6.07) is 0. The van der Waals surface area contributed by atoms with Crippen LogP contribution in [0, 0.1) is 20.2 Å². The average Bonchev–Trinajstić information content (AvgIpc) is 2.34. The molecule has 0 N–H and O–H groups in total. The number of hydrogen-bond acceptors (Lipinski definition) is 7. The highest BCUT2D eigenvalue weighted by Crippen LogP contribution is 2.13. The Kier molecular flexibility index (Phi) is 2.80. The zero-order valence-corrected chi connectivity index (χ0v) is 6.32. The SMILES string of the molecule is O=[N+]([O-])O[C@H]1COC[C@@H]1O[N+](=O)[O-]. The molecule has 74 valence electrons. The van der Waals surface area contributed by atoms with E-state index in [1.807, 2.05) is 0 Å². The van der Waals surface area contributed by atoms with E-state index in [4.69, 9.17) is 4.74 Å². The molecule has 0 unspecified atom stereocenters. The van der Waals surface area contributed by atoms with E-state index >= 15 is 0 Å². The van der Waals surface area contributed by atoms with Crippen molar-refractivity contribution in [2.24, 2.45) is 0 Å². The predicted molar refractivity (Wildman–Crippen MR) is 34.6 cm³/mol. The lowest BCUT2D eigenvalue weighted by Gasteiger charge is -2.12. The summed E-state index contributed by atoms with van der Waals surface area (Å²) in [4.78, 5) is 28.0. The Morgan fingerprint density at radius 1 is 1.08 bits per heavy atom. The molecule has 0 saturated carbocycles. The highest BCUT2D eigenvalue weighted by atomic mass is 17.0. The molecule has 0 radical (unpaired) electrons. The van der Waals surface area contributed by atoms with Gasteiger partial charge in [0.05, 0.1) is 13.2 Å². The zero-order valence-electron chi connectivity index (χ0n) is 6.32. The van der Waals surface area contributed by atoms with Gasteiger partial charge in [-0.15, -0.1) is 20.2 Å². The monoisotopic (exact) mass is 194 g/mol. The summed E-state index contributed by atoms with van der Waals surface area (Å²) >= 11 is 0. The fraction of sp³-hybridized carbons (Fsp3) is 1.00. The lowest BCUT2D eigenvalue weighted by molar-refractivity contribution is -0.796. The number of rotatable bonds is 4. The Balaban J connectivity index is 2.43. The average molecular weight is 194 g/mol. The van der Waals surface area contributed by atoms with Gasteiger partial charge < -0.3 is 14.4 Å². The van der Waals surface area contributed by atoms with Crippen molar-refractivity contribution in [2.75, 3.05) is 13.2 Å². The van der Waals surface area contributed by atoms with Crippen LogP contribution >= 0.6 is 0 Å². The first-order valence-corrected chi connectivity index (χ1v) is 3.29. The second kappa shape index (κ2) is 3.85. The molecule has 0 aromatic carbocycles. The van der Waals surface area contributed by atoms with E-state index in [9.17, 15) is 20.2 Å². The largest absolute Gasteiger partial charge is 0.377 e. The highest BCUT2D eigenvalue weighted by Gasteiger charge is 2.34. The van der Waals surface area contributed by atoms with Gasteiger partial charge in [0, 0.05) is 0 Å². The molecule has 0 aliphatic carbocycles. The van der Waals surface area contributed by atoms with E-state index < -0.39 is 22.4 Å². The van der Waals surface area contributed by atoms with Crippen molar-refractivity contribution in [2.45, 2.75) is 12.2 Å². The molecule has 13 heavy (non-hydrogen) atoms. The first-order valence-electron chi connectivity index (χ1n) is 3.29. The van der Waals surface area contributed by atoms with E-state index in [2.05, 4.69) is 9.68 Å². The maximum atomic E-state index is 9.89. The van der Waals surface area contributed by atoms with Crippen LogP contribution in [0.2, 0.25) is 0 Å². The fourth-order valence-electron chi connectivity index (χ4n) is 0.933. The fourth-order valence-corrected chi connectivity index (χ4v) is 0.933. The van der Waals surface area contributed by atoms with Crippen molar-refractivity contribution < 1.29 is 24.6 Å². The van der Waals surface area contributed by atoms with Crippen molar-refractivity contribution in [1.82, 2.24) is 0 Å². The van der Waals surface area contributed by atoms with E-state index in [-0.39, 0.29) is 13.2 Å². The lowest BCUT2D eigenvalue weighted by atomic mass is 10.3. The smallest absolute Gasteiger partial charge is 0.294 e. The topological polar surface area (TPSA) is 114 Å². The molecule has 1 fully saturated rings. The summed E-state index contributed by atoms with van der Waals surface area (Å²) in [5.74, 6) is 0. The molecule has 1 heterocycles. The molecule has 2 atom stereocenters. The summed E-state index contributed by atoms with van der Waals surface area (Å²) in [6.07, 6.45) is -2.05. The summed E-state index contributed by atoms with van der Waals surface area (Å²) in [7, 11) is 0. The van der Waals surface area contributed by atoms with Gasteiger partial charge in [0.1, 0.15) is 0 Å². The molecular formula is C4H6N2O7. The first-order chi connectivity index (χ1) is 6.09. The first kappa shape index (κ1) is 9.45. The normalized spacial score (nSPS) is 26.8. The molecule has 9 nitrogen and oxygen atoms in total. The van der Waals surface area contributed by atoms with Gasteiger partial charge >= 0.3 is 0 Å². The zero-order chi connectivity index (χ0) is 9.84.